The SMILES string of the molecule is CC[NH+]1CCc2c(sc3nc(COc4ccc(C)cc4C)n(N)c(=O)c23)C1. The molecule has 142 valence electrons. The number of thiophene rings is 1. The zero-order chi connectivity index (χ0) is 19.1. The van der Waals surface area contributed by atoms with Gasteiger partial charge in [0.1, 0.15) is 23.7 Å². The van der Waals surface area contributed by atoms with E-state index in [0.717, 1.165) is 52.4 Å². The summed E-state index contributed by atoms with van der Waals surface area (Å²) in [4.78, 5) is 21.2. The van der Waals surface area contributed by atoms with Crippen molar-refractivity contribution in [1.82, 2.24) is 9.66 Å². The van der Waals surface area contributed by atoms with Gasteiger partial charge < -0.3 is 15.5 Å². The first kappa shape index (κ1) is 18.0. The number of ether oxygens (including phenoxy) is 1. The molecule has 6 nitrogen and oxygen atoms in total. The van der Waals surface area contributed by atoms with Crippen LogP contribution in [0, 0.1) is 13.8 Å². The number of benzene rings is 1. The van der Waals surface area contributed by atoms with E-state index in [2.05, 4.69) is 18.0 Å². The summed E-state index contributed by atoms with van der Waals surface area (Å²) in [5, 5.41) is 0.697. The van der Waals surface area contributed by atoms with Crippen molar-refractivity contribution in [3.63, 3.8) is 0 Å². The quantitative estimate of drug-likeness (QED) is 0.665. The number of likely N-dealkylation sites (N-methyl/N-ethyl adjacent to an activating group) is 1. The van der Waals surface area contributed by atoms with E-state index in [1.54, 1.807) is 16.2 Å². The molecule has 3 aromatic rings. The number of hydrogen-bond acceptors (Lipinski definition) is 5. The lowest BCUT2D eigenvalue weighted by atomic mass is 10.1. The molecule has 27 heavy (non-hydrogen) atoms. The van der Waals surface area contributed by atoms with Crippen molar-refractivity contribution in [1.29, 1.82) is 0 Å². The van der Waals surface area contributed by atoms with Crippen LogP contribution in [0.25, 0.3) is 10.2 Å². The second-order valence-electron chi connectivity index (χ2n) is 7.23. The first-order valence-electron chi connectivity index (χ1n) is 9.32. The molecule has 3 N–H and O–H groups in total. The lowest BCUT2D eigenvalue weighted by molar-refractivity contribution is -0.913. The van der Waals surface area contributed by atoms with Gasteiger partial charge in [-0.2, -0.15) is 0 Å². The van der Waals surface area contributed by atoms with Gasteiger partial charge in [0.2, 0.25) is 0 Å². The van der Waals surface area contributed by atoms with Gasteiger partial charge in [-0.1, -0.05) is 17.7 Å². The summed E-state index contributed by atoms with van der Waals surface area (Å²) in [6, 6.07) is 6.01. The second kappa shape index (κ2) is 6.98. The standard InChI is InChI=1S/C20H24N4O2S/c1-4-23-8-7-14-16(10-23)27-19-18(14)20(25)24(21)17(22-19)11-26-15-6-5-12(2)9-13(15)3/h5-6,9H,4,7-8,10-11,21H2,1-3H3/p+1. The van der Waals surface area contributed by atoms with Crippen LogP contribution in [0.15, 0.2) is 23.0 Å². The lowest BCUT2D eigenvalue weighted by Gasteiger charge is -2.22. The number of quaternary nitrogens is 1. The smallest absolute Gasteiger partial charge is 0.281 e. The van der Waals surface area contributed by atoms with E-state index in [4.69, 9.17) is 10.6 Å². The molecule has 0 amide bonds. The zero-order valence-electron chi connectivity index (χ0n) is 16.0. The van der Waals surface area contributed by atoms with Crippen molar-refractivity contribution in [3.8, 4) is 5.75 Å². The van der Waals surface area contributed by atoms with Gasteiger partial charge in [0.25, 0.3) is 5.56 Å². The Morgan fingerprint density at radius 3 is 2.93 bits per heavy atom. The number of rotatable bonds is 4. The first-order valence-corrected chi connectivity index (χ1v) is 10.1. The number of nitrogen functional groups attached to an aromatic ring is 1. The molecule has 0 radical (unpaired) electrons. The summed E-state index contributed by atoms with van der Waals surface area (Å²) in [6.45, 7) is 9.52. The van der Waals surface area contributed by atoms with Gasteiger partial charge in [-0.25, -0.2) is 9.66 Å². The fourth-order valence-corrected chi connectivity index (χ4v) is 5.04. The van der Waals surface area contributed by atoms with Gasteiger partial charge in [0.15, 0.2) is 5.82 Å². The maximum Gasteiger partial charge on any atom is 0.281 e. The molecule has 0 aliphatic carbocycles. The van der Waals surface area contributed by atoms with Crippen LogP contribution in [0.1, 0.15) is 34.3 Å². The van der Waals surface area contributed by atoms with Crippen molar-refractivity contribution in [3.05, 3.63) is 55.9 Å². The van der Waals surface area contributed by atoms with Crippen LogP contribution in [-0.4, -0.2) is 22.7 Å². The van der Waals surface area contributed by atoms with Crippen LogP contribution >= 0.6 is 11.3 Å². The Kier molecular flexibility index (Phi) is 4.65. The summed E-state index contributed by atoms with van der Waals surface area (Å²) in [6.07, 6.45) is 0.911. The molecule has 4 rings (SSSR count). The van der Waals surface area contributed by atoms with Crippen molar-refractivity contribution in [2.24, 2.45) is 0 Å². The van der Waals surface area contributed by atoms with Gasteiger partial charge in [-0.15, -0.1) is 11.3 Å². The van der Waals surface area contributed by atoms with Gasteiger partial charge in [0, 0.05) is 6.42 Å². The number of aryl methyl sites for hydroxylation is 2. The average Bonchev–Trinajstić information content (AvgIpc) is 3.02. The molecule has 0 saturated carbocycles. The monoisotopic (exact) mass is 385 g/mol. The number of nitrogens with zero attached hydrogens (tertiary/aromatic N) is 2. The fourth-order valence-electron chi connectivity index (χ4n) is 3.74. The second-order valence-corrected chi connectivity index (χ2v) is 8.31. The molecule has 0 fully saturated rings. The molecule has 0 bridgehead atoms. The minimum absolute atomic E-state index is 0.167. The van der Waals surface area contributed by atoms with E-state index >= 15 is 0 Å². The van der Waals surface area contributed by atoms with Crippen LogP contribution in [0.4, 0.5) is 0 Å². The third-order valence-corrected chi connectivity index (χ3v) is 6.47. The predicted molar refractivity (Wildman–Crippen MR) is 108 cm³/mol. The minimum atomic E-state index is -0.170. The van der Waals surface area contributed by atoms with E-state index in [9.17, 15) is 4.79 Å². The van der Waals surface area contributed by atoms with Crippen LogP contribution in [0.5, 0.6) is 5.75 Å². The Bertz CT molecular complexity index is 1070. The molecule has 1 atom stereocenters. The molecular weight excluding hydrogens is 360 g/mol. The summed E-state index contributed by atoms with van der Waals surface area (Å²) in [5.41, 5.74) is 3.21. The summed E-state index contributed by atoms with van der Waals surface area (Å²) < 4.78 is 7.05. The molecule has 1 aromatic carbocycles. The first-order chi connectivity index (χ1) is 13.0. The third kappa shape index (κ3) is 3.21. The largest absolute Gasteiger partial charge is 0.485 e. The molecule has 1 aliphatic rings. The van der Waals surface area contributed by atoms with E-state index < -0.39 is 0 Å². The number of nitrogens with one attached hydrogen (secondary N) is 1. The van der Waals surface area contributed by atoms with Gasteiger partial charge in [-0.05, 0) is 38.0 Å². The minimum Gasteiger partial charge on any atom is -0.485 e. The molecule has 3 heterocycles. The van der Waals surface area contributed by atoms with Gasteiger partial charge in [-0.3, -0.25) is 4.79 Å². The Balaban J connectivity index is 1.68. The highest BCUT2D eigenvalue weighted by atomic mass is 32.1. The highest BCUT2D eigenvalue weighted by molar-refractivity contribution is 7.18. The normalized spacial score (nSPS) is 16.5. The molecular formula is C20H25N4O2S+. The molecule has 0 spiro atoms. The topological polar surface area (TPSA) is 74.6 Å². The van der Waals surface area contributed by atoms with Crippen LogP contribution in [0.3, 0.4) is 0 Å². The Morgan fingerprint density at radius 1 is 1.37 bits per heavy atom. The van der Waals surface area contributed by atoms with Gasteiger partial charge in [0.05, 0.1) is 23.4 Å². The van der Waals surface area contributed by atoms with Crippen LogP contribution < -0.4 is 21.0 Å². The van der Waals surface area contributed by atoms with E-state index in [0.29, 0.717) is 11.2 Å². The number of nitrogens with two attached hydrogens (primary N) is 1. The van der Waals surface area contributed by atoms with Crippen LogP contribution in [0.2, 0.25) is 0 Å². The van der Waals surface area contributed by atoms with E-state index in [1.165, 1.54) is 10.4 Å². The average molecular weight is 386 g/mol. The van der Waals surface area contributed by atoms with Crippen molar-refractivity contribution in [2.75, 3.05) is 18.9 Å². The van der Waals surface area contributed by atoms with Crippen molar-refractivity contribution in [2.45, 2.75) is 40.3 Å². The molecule has 7 heteroatoms. The molecule has 1 unspecified atom stereocenters. The zero-order valence-corrected chi connectivity index (χ0v) is 16.8. The number of hydrogen-bond donors (Lipinski definition) is 2. The highest BCUT2D eigenvalue weighted by Crippen LogP contribution is 2.29. The lowest BCUT2D eigenvalue weighted by Crippen LogP contribution is -3.11. The Hall–Kier alpha value is -2.38. The van der Waals surface area contributed by atoms with E-state index in [-0.39, 0.29) is 12.2 Å². The predicted octanol–water partition coefficient (Wildman–Crippen LogP) is 1.33. The maximum absolute atomic E-state index is 12.9. The fraction of sp³-hybridized carbons (Fsp3) is 0.400. The molecule has 1 aliphatic heterocycles. The summed E-state index contributed by atoms with van der Waals surface area (Å²) in [7, 11) is 0. The van der Waals surface area contributed by atoms with Crippen molar-refractivity contribution < 1.29 is 9.64 Å². The van der Waals surface area contributed by atoms with Crippen LogP contribution in [-0.2, 0) is 19.6 Å². The highest BCUT2D eigenvalue weighted by Gasteiger charge is 2.26. The van der Waals surface area contributed by atoms with E-state index in [1.807, 2.05) is 26.0 Å². The summed E-state index contributed by atoms with van der Waals surface area (Å²) >= 11 is 1.63. The molecule has 0 saturated heterocycles. The number of aromatic nitrogens is 2. The maximum atomic E-state index is 12.9. The summed E-state index contributed by atoms with van der Waals surface area (Å²) in [5.74, 6) is 7.31. The third-order valence-electron chi connectivity index (χ3n) is 5.34. The Morgan fingerprint density at radius 2 is 2.19 bits per heavy atom. The number of fused-ring (bicyclic) bond motifs is 3. The van der Waals surface area contributed by atoms with Gasteiger partial charge >= 0.3 is 0 Å². The van der Waals surface area contributed by atoms with Crippen molar-refractivity contribution >= 4 is 21.6 Å². The molecule has 2 aromatic heterocycles. The Labute approximate surface area is 162 Å².